The van der Waals surface area contributed by atoms with Crippen LogP contribution in [0.15, 0.2) is 36.4 Å². The van der Waals surface area contributed by atoms with E-state index in [2.05, 4.69) is 21.8 Å². The third-order valence-electron chi connectivity index (χ3n) is 5.46. The predicted molar refractivity (Wildman–Crippen MR) is 108 cm³/mol. The lowest BCUT2D eigenvalue weighted by Gasteiger charge is -2.11. The molecule has 4 rings (SSSR count). The maximum Gasteiger partial charge on any atom is 0.254 e. The van der Waals surface area contributed by atoms with Crippen LogP contribution in [0.2, 0.25) is 0 Å². The van der Waals surface area contributed by atoms with Crippen molar-refractivity contribution in [3.8, 4) is 0 Å². The molecular weight excluding hydrogens is 355 g/mol. The quantitative estimate of drug-likeness (QED) is 0.715. The summed E-state index contributed by atoms with van der Waals surface area (Å²) in [6.45, 7) is 4.28. The van der Waals surface area contributed by atoms with Crippen LogP contribution in [0.5, 0.6) is 0 Å². The van der Waals surface area contributed by atoms with E-state index in [1.54, 1.807) is 16.8 Å². The maximum atomic E-state index is 14.3. The molecule has 146 valence electrons. The van der Waals surface area contributed by atoms with Gasteiger partial charge in [0, 0.05) is 12.4 Å². The molecule has 5 nitrogen and oxygen atoms in total. The normalized spacial score (nSPS) is 16.6. The summed E-state index contributed by atoms with van der Waals surface area (Å²) < 4.78 is 16.1. The van der Waals surface area contributed by atoms with Crippen LogP contribution in [-0.2, 0) is 20.0 Å². The van der Waals surface area contributed by atoms with E-state index in [4.69, 9.17) is 0 Å². The largest absolute Gasteiger partial charge is 0.346 e. The van der Waals surface area contributed by atoms with Gasteiger partial charge >= 0.3 is 0 Å². The molecule has 0 spiro atoms. The van der Waals surface area contributed by atoms with E-state index < -0.39 is 11.7 Å². The Morgan fingerprint density at radius 2 is 2.18 bits per heavy atom. The highest BCUT2D eigenvalue weighted by Gasteiger charge is 2.18. The smallest absolute Gasteiger partial charge is 0.254 e. The fourth-order valence-electron chi connectivity index (χ4n) is 3.94. The number of amides is 1. The summed E-state index contributed by atoms with van der Waals surface area (Å²) in [5.41, 5.74) is 4.02. The number of hydrogen-bond acceptors (Lipinski definition) is 3. The van der Waals surface area contributed by atoms with Crippen LogP contribution < -0.4 is 10.6 Å². The molecule has 2 N–H and O–H groups in total. The zero-order valence-corrected chi connectivity index (χ0v) is 16.3. The van der Waals surface area contributed by atoms with Crippen LogP contribution in [0.3, 0.4) is 0 Å². The lowest BCUT2D eigenvalue weighted by Crippen LogP contribution is -2.24. The SMILES string of the molecule is Cc1ccc2c(c1)c(CNC(=O)c1cc(CC3CCNC3)ccc1F)nn2C. The van der Waals surface area contributed by atoms with E-state index in [-0.39, 0.29) is 12.1 Å². The van der Waals surface area contributed by atoms with Crippen molar-refractivity contribution in [2.75, 3.05) is 13.1 Å². The van der Waals surface area contributed by atoms with Crippen molar-refractivity contribution in [3.05, 3.63) is 64.6 Å². The Bertz CT molecular complexity index is 1020. The minimum Gasteiger partial charge on any atom is -0.346 e. The highest BCUT2D eigenvalue weighted by atomic mass is 19.1. The van der Waals surface area contributed by atoms with E-state index in [0.717, 1.165) is 53.7 Å². The van der Waals surface area contributed by atoms with Gasteiger partial charge in [0.1, 0.15) is 5.82 Å². The molecule has 1 aromatic heterocycles. The molecule has 1 unspecified atom stereocenters. The first kappa shape index (κ1) is 18.6. The number of nitrogens with one attached hydrogen (secondary N) is 2. The molecule has 1 amide bonds. The molecule has 1 saturated heterocycles. The highest BCUT2D eigenvalue weighted by Crippen LogP contribution is 2.21. The molecule has 3 aromatic rings. The third kappa shape index (κ3) is 3.78. The van der Waals surface area contributed by atoms with Gasteiger partial charge in [0.2, 0.25) is 0 Å². The van der Waals surface area contributed by atoms with Gasteiger partial charge < -0.3 is 10.6 Å². The number of carbonyl (C=O) groups excluding carboxylic acids is 1. The van der Waals surface area contributed by atoms with E-state index in [9.17, 15) is 9.18 Å². The number of aryl methyl sites for hydroxylation is 2. The van der Waals surface area contributed by atoms with Crippen LogP contribution in [0.1, 0.15) is 33.6 Å². The van der Waals surface area contributed by atoms with Gasteiger partial charge in [0.25, 0.3) is 5.91 Å². The van der Waals surface area contributed by atoms with Gasteiger partial charge in [-0.1, -0.05) is 17.7 Å². The van der Waals surface area contributed by atoms with Gasteiger partial charge in [-0.15, -0.1) is 0 Å². The summed E-state index contributed by atoms with van der Waals surface area (Å²) in [6.07, 6.45) is 1.97. The lowest BCUT2D eigenvalue weighted by atomic mass is 9.97. The summed E-state index contributed by atoms with van der Waals surface area (Å²) in [6, 6.07) is 11.0. The van der Waals surface area contributed by atoms with E-state index >= 15 is 0 Å². The fourth-order valence-corrected chi connectivity index (χ4v) is 3.94. The minimum absolute atomic E-state index is 0.0971. The molecular formula is C22H25FN4O. The predicted octanol–water partition coefficient (Wildman–Crippen LogP) is 3.10. The molecule has 1 atom stereocenters. The Labute approximate surface area is 163 Å². The second kappa shape index (κ2) is 7.72. The Morgan fingerprint density at radius 1 is 1.32 bits per heavy atom. The number of fused-ring (bicyclic) bond motifs is 1. The summed E-state index contributed by atoms with van der Waals surface area (Å²) >= 11 is 0. The van der Waals surface area contributed by atoms with Crippen molar-refractivity contribution in [2.24, 2.45) is 13.0 Å². The van der Waals surface area contributed by atoms with Gasteiger partial charge in [-0.05, 0) is 68.6 Å². The molecule has 1 aliphatic rings. The standard InChI is InChI=1S/C22H25FN4O/c1-14-3-6-21-18(9-14)20(26-27(21)2)13-25-22(28)17-11-15(4-5-19(17)23)10-16-7-8-24-12-16/h3-6,9,11,16,24H,7-8,10,12-13H2,1-2H3,(H,25,28). The molecule has 0 bridgehead atoms. The van der Waals surface area contributed by atoms with Crippen molar-refractivity contribution >= 4 is 16.8 Å². The average Bonchev–Trinajstić information content (AvgIpc) is 3.29. The van der Waals surface area contributed by atoms with E-state index in [0.29, 0.717) is 5.92 Å². The minimum atomic E-state index is -0.493. The van der Waals surface area contributed by atoms with Crippen LogP contribution in [0.4, 0.5) is 4.39 Å². The average molecular weight is 380 g/mol. The zero-order chi connectivity index (χ0) is 19.7. The maximum absolute atomic E-state index is 14.3. The van der Waals surface area contributed by atoms with Crippen LogP contribution >= 0.6 is 0 Å². The van der Waals surface area contributed by atoms with Gasteiger partial charge in [-0.3, -0.25) is 9.48 Å². The molecule has 6 heteroatoms. The molecule has 2 heterocycles. The summed E-state index contributed by atoms with van der Waals surface area (Å²) in [5, 5.41) is 11.7. The van der Waals surface area contributed by atoms with Gasteiger partial charge in [0.05, 0.1) is 23.3 Å². The Hall–Kier alpha value is -2.73. The second-order valence-corrected chi connectivity index (χ2v) is 7.65. The number of halogens is 1. The summed E-state index contributed by atoms with van der Waals surface area (Å²) in [7, 11) is 1.88. The third-order valence-corrected chi connectivity index (χ3v) is 5.46. The zero-order valence-electron chi connectivity index (χ0n) is 16.3. The van der Waals surface area contributed by atoms with Crippen molar-refractivity contribution in [1.82, 2.24) is 20.4 Å². The summed E-state index contributed by atoms with van der Waals surface area (Å²) in [5.74, 6) is -0.354. The van der Waals surface area contributed by atoms with Crippen molar-refractivity contribution in [1.29, 1.82) is 0 Å². The molecule has 0 saturated carbocycles. The van der Waals surface area contributed by atoms with Crippen molar-refractivity contribution in [3.63, 3.8) is 0 Å². The van der Waals surface area contributed by atoms with Gasteiger partial charge in [-0.25, -0.2) is 4.39 Å². The van der Waals surface area contributed by atoms with Crippen LogP contribution in [0, 0.1) is 18.7 Å². The number of hydrogen-bond donors (Lipinski definition) is 2. The first-order valence-corrected chi connectivity index (χ1v) is 9.71. The molecule has 2 aromatic carbocycles. The first-order valence-electron chi connectivity index (χ1n) is 9.71. The number of carbonyl (C=O) groups is 1. The number of rotatable bonds is 5. The monoisotopic (exact) mass is 380 g/mol. The topological polar surface area (TPSA) is 59.0 Å². The number of benzene rings is 2. The lowest BCUT2D eigenvalue weighted by molar-refractivity contribution is 0.0946. The fraction of sp³-hybridized carbons (Fsp3) is 0.364. The van der Waals surface area contributed by atoms with Gasteiger partial charge in [-0.2, -0.15) is 5.10 Å². The van der Waals surface area contributed by atoms with Crippen LogP contribution in [-0.4, -0.2) is 28.8 Å². The second-order valence-electron chi connectivity index (χ2n) is 7.65. The number of nitrogens with zero attached hydrogens (tertiary/aromatic N) is 2. The summed E-state index contributed by atoms with van der Waals surface area (Å²) in [4.78, 5) is 12.6. The molecule has 1 fully saturated rings. The Morgan fingerprint density at radius 3 is 2.96 bits per heavy atom. The molecule has 28 heavy (non-hydrogen) atoms. The highest BCUT2D eigenvalue weighted by molar-refractivity contribution is 5.95. The molecule has 1 aliphatic heterocycles. The van der Waals surface area contributed by atoms with Crippen molar-refractivity contribution < 1.29 is 9.18 Å². The molecule has 0 radical (unpaired) electrons. The van der Waals surface area contributed by atoms with E-state index in [1.165, 1.54) is 6.07 Å². The Kier molecular flexibility index (Phi) is 5.13. The Balaban J connectivity index is 1.50. The first-order chi connectivity index (χ1) is 13.5. The molecule has 0 aliphatic carbocycles. The van der Waals surface area contributed by atoms with Crippen LogP contribution in [0.25, 0.3) is 10.9 Å². The number of aromatic nitrogens is 2. The van der Waals surface area contributed by atoms with E-state index in [1.807, 2.05) is 26.1 Å². The van der Waals surface area contributed by atoms with Gasteiger partial charge in [0.15, 0.2) is 0 Å². The van der Waals surface area contributed by atoms with Crippen molar-refractivity contribution in [2.45, 2.75) is 26.3 Å².